The Labute approximate surface area is 117 Å². The molecular weight excluding hydrogens is 267 g/mol. The third kappa shape index (κ3) is 4.48. The van der Waals surface area contributed by atoms with E-state index in [0.29, 0.717) is 19.0 Å². The largest absolute Gasteiger partial charge is 0.353 e. The number of rotatable bonds is 6. The van der Waals surface area contributed by atoms with E-state index in [1.807, 2.05) is 6.92 Å². The summed E-state index contributed by atoms with van der Waals surface area (Å²) in [6.07, 6.45) is 2.64. The number of hydrogen-bond donors (Lipinski definition) is 2. The molecule has 104 valence electrons. The third-order valence-corrected chi connectivity index (χ3v) is 3.50. The van der Waals surface area contributed by atoms with Crippen LogP contribution in [0.3, 0.4) is 0 Å². The Morgan fingerprint density at radius 1 is 1.53 bits per heavy atom. The average molecular weight is 285 g/mol. The lowest BCUT2D eigenvalue weighted by Crippen LogP contribution is -2.30. The van der Waals surface area contributed by atoms with Crippen molar-refractivity contribution in [1.82, 2.24) is 10.6 Å². The van der Waals surface area contributed by atoms with Crippen molar-refractivity contribution in [3.63, 3.8) is 0 Å². The fraction of sp³-hybridized carbons (Fsp3) is 0.500. The van der Waals surface area contributed by atoms with Gasteiger partial charge in [-0.25, -0.2) is 4.39 Å². The van der Waals surface area contributed by atoms with E-state index in [4.69, 9.17) is 11.6 Å². The molecule has 3 nitrogen and oxygen atoms in total. The molecule has 19 heavy (non-hydrogen) atoms. The predicted molar refractivity (Wildman–Crippen MR) is 73.6 cm³/mol. The summed E-state index contributed by atoms with van der Waals surface area (Å²) in [7, 11) is 0. The first-order valence-corrected chi connectivity index (χ1v) is 6.92. The SMILES string of the molecule is CC(NCCC(=O)NC1CC1)c1ccc(Cl)c(F)c1. The number of carbonyl (C=O) groups is 1. The highest BCUT2D eigenvalue weighted by Gasteiger charge is 2.22. The summed E-state index contributed by atoms with van der Waals surface area (Å²) in [4.78, 5) is 11.5. The summed E-state index contributed by atoms with van der Waals surface area (Å²) in [5, 5.41) is 6.25. The van der Waals surface area contributed by atoms with Crippen LogP contribution in [-0.2, 0) is 4.79 Å². The zero-order valence-electron chi connectivity index (χ0n) is 10.9. The fourth-order valence-corrected chi connectivity index (χ4v) is 1.95. The quantitative estimate of drug-likeness (QED) is 0.843. The van der Waals surface area contributed by atoms with E-state index in [0.717, 1.165) is 18.4 Å². The van der Waals surface area contributed by atoms with Crippen LogP contribution in [0.15, 0.2) is 18.2 Å². The van der Waals surface area contributed by atoms with Crippen molar-refractivity contribution in [1.29, 1.82) is 0 Å². The summed E-state index contributed by atoms with van der Waals surface area (Å²) in [6.45, 7) is 2.51. The van der Waals surface area contributed by atoms with E-state index >= 15 is 0 Å². The smallest absolute Gasteiger partial charge is 0.221 e. The lowest BCUT2D eigenvalue weighted by atomic mass is 10.1. The van der Waals surface area contributed by atoms with E-state index in [-0.39, 0.29) is 17.0 Å². The second kappa shape index (κ2) is 6.35. The van der Waals surface area contributed by atoms with Gasteiger partial charge in [-0.1, -0.05) is 17.7 Å². The monoisotopic (exact) mass is 284 g/mol. The number of halogens is 2. The fourth-order valence-electron chi connectivity index (χ4n) is 1.83. The van der Waals surface area contributed by atoms with E-state index in [1.54, 1.807) is 12.1 Å². The van der Waals surface area contributed by atoms with Crippen molar-refractivity contribution in [2.24, 2.45) is 0 Å². The van der Waals surface area contributed by atoms with Gasteiger partial charge in [0.2, 0.25) is 5.91 Å². The summed E-state index contributed by atoms with van der Waals surface area (Å²) >= 11 is 5.64. The zero-order chi connectivity index (χ0) is 13.8. The van der Waals surface area contributed by atoms with Gasteiger partial charge in [0.25, 0.3) is 0 Å². The first-order chi connectivity index (χ1) is 9.06. The van der Waals surface area contributed by atoms with Crippen LogP contribution in [0.4, 0.5) is 4.39 Å². The molecule has 1 aromatic rings. The van der Waals surface area contributed by atoms with Crippen LogP contribution in [0.1, 0.15) is 37.8 Å². The summed E-state index contributed by atoms with van der Waals surface area (Å²) in [6, 6.07) is 5.14. The van der Waals surface area contributed by atoms with Crippen LogP contribution in [0.25, 0.3) is 0 Å². The van der Waals surface area contributed by atoms with Crippen molar-refractivity contribution >= 4 is 17.5 Å². The van der Waals surface area contributed by atoms with Gasteiger partial charge in [0, 0.05) is 25.0 Å². The van der Waals surface area contributed by atoms with Crippen molar-refractivity contribution in [2.45, 2.75) is 38.3 Å². The minimum Gasteiger partial charge on any atom is -0.353 e. The average Bonchev–Trinajstić information content (AvgIpc) is 3.16. The summed E-state index contributed by atoms with van der Waals surface area (Å²) in [5.74, 6) is -0.344. The Kier molecular flexibility index (Phi) is 4.77. The van der Waals surface area contributed by atoms with Crippen molar-refractivity contribution in [3.8, 4) is 0 Å². The highest BCUT2D eigenvalue weighted by Crippen LogP contribution is 2.20. The van der Waals surface area contributed by atoms with Crippen LogP contribution in [-0.4, -0.2) is 18.5 Å². The maximum absolute atomic E-state index is 13.3. The molecule has 2 N–H and O–H groups in total. The van der Waals surface area contributed by atoms with Gasteiger partial charge in [0.1, 0.15) is 5.82 Å². The van der Waals surface area contributed by atoms with Gasteiger partial charge in [-0.15, -0.1) is 0 Å². The van der Waals surface area contributed by atoms with Crippen molar-refractivity contribution in [3.05, 3.63) is 34.6 Å². The lowest BCUT2D eigenvalue weighted by molar-refractivity contribution is -0.121. The molecule has 1 amide bonds. The number of nitrogens with one attached hydrogen (secondary N) is 2. The number of amides is 1. The second-order valence-corrected chi connectivity index (χ2v) is 5.35. The van der Waals surface area contributed by atoms with Crippen LogP contribution in [0.5, 0.6) is 0 Å². The molecule has 5 heteroatoms. The molecular formula is C14H18ClFN2O. The summed E-state index contributed by atoms with van der Waals surface area (Å²) in [5.41, 5.74) is 0.824. The zero-order valence-corrected chi connectivity index (χ0v) is 11.6. The Hall–Kier alpha value is -1.13. The number of carbonyl (C=O) groups excluding carboxylic acids is 1. The number of hydrogen-bond acceptors (Lipinski definition) is 2. The van der Waals surface area contributed by atoms with Gasteiger partial charge >= 0.3 is 0 Å². The molecule has 1 aromatic carbocycles. The van der Waals surface area contributed by atoms with E-state index in [1.165, 1.54) is 6.07 Å². The standard InChI is InChI=1S/C14H18ClFN2O/c1-9(10-2-5-12(15)13(16)8-10)17-7-6-14(19)18-11-3-4-11/h2,5,8-9,11,17H,3-4,6-7H2,1H3,(H,18,19). The highest BCUT2D eigenvalue weighted by molar-refractivity contribution is 6.30. The highest BCUT2D eigenvalue weighted by atomic mass is 35.5. The Balaban J connectivity index is 1.75. The van der Waals surface area contributed by atoms with Gasteiger partial charge in [-0.3, -0.25) is 4.79 Å². The molecule has 0 bridgehead atoms. The molecule has 1 unspecified atom stereocenters. The molecule has 0 aliphatic heterocycles. The normalized spacial score (nSPS) is 16.2. The second-order valence-electron chi connectivity index (χ2n) is 4.94. The van der Waals surface area contributed by atoms with Gasteiger partial charge in [0.05, 0.1) is 5.02 Å². The van der Waals surface area contributed by atoms with Gasteiger partial charge < -0.3 is 10.6 Å². The number of benzene rings is 1. The topological polar surface area (TPSA) is 41.1 Å². The van der Waals surface area contributed by atoms with Crippen LogP contribution >= 0.6 is 11.6 Å². The first kappa shape index (κ1) is 14.3. The van der Waals surface area contributed by atoms with Crippen molar-refractivity contribution in [2.75, 3.05) is 6.54 Å². The van der Waals surface area contributed by atoms with Gasteiger partial charge in [-0.2, -0.15) is 0 Å². The minimum atomic E-state index is -0.417. The predicted octanol–water partition coefficient (Wildman–Crippen LogP) is 2.80. The van der Waals surface area contributed by atoms with Crippen LogP contribution in [0, 0.1) is 5.82 Å². The molecule has 2 rings (SSSR count). The third-order valence-electron chi connectivity index (χ3n) is 3.19. The van der Waals surface area contributed by atoms with Gasteiger partial charge in [0.15, 0.2) is 0 Å². The molecule has 1 aliphatic rings. The molecule has 0 radical (unpaired) electrons. The first-order valence-electron chi connectivity index (χ1n) is 6.54. The molecule has 0 saturated heterocycles. The molecule has 0 heterocycles. The van der Waals surface area contributed by atoms with E-state index < -0.39 is 5.82 Å². The Bertz CT molecular complexity index is 463. The molecule has 1 aliphatic carbocycles. The Morgan fingerprint density at radius 2 is 2.26 bits per heavy atom. The van der Waals surface area contributed by atoms with E-state index in [2.05, 4.69) is 10.6 Å². The van der Waals surface area contributed by atoms with Crippen molar-refractivity contribution < 1.29 is 9.18 Å². The Morgan fingerprint density at radius 3 is 2.89 bits per heavy atom. The van der Waals surface area contributed by atoms with Crippen LogP contribution < -0.4 is 10.6 Å². The minimum absolute atomic E-state index is 0.0134. The lowest BCUT2D eigenvalue weighted by Gasteiger charge is -2.14. The molecule has 0 aromatic heterocycles. The molecule has 1 fully saturated rings. The summed E-state index contributed by atoms with van der Waals surface area (Å²) < 4.78 is 13.3. The molecule has 1 atom stereocenters. The maximum atomic E-state index is 13.3. The molecule has 0 spiro atoms. The van der Waals surface area contributed by atoms with Crippen LogP contribution in [0.2, 0.25) is 5.02 Å². The van der Waals surface area contributed by atoms with E-state index in [9.17, 15) is 9.18 Å². The molecule has 1 saturated carbocycles. The maximum Gasteiger partial charge on any atom is 0.221 e. The van der Waals surface area contributed by atoms with Gasteiger partial charge in [-0.05, 0) is 37.5 Å².